The van der Waals surface area contributed by atoms with Crippen LogP contribution in [0, 0.1) is 5.41 Å². The summed E-state index contributed by atoms with van der Waals surface area (Å²) >= 11 is 1.53. The van der Waals surface area contributed by atoms with Gasteiger partial charge in [-0.2, -0.15) is 5.10 Å². The van der Waals surface area contributed by atoms with E-state index in [2.05, 4.69) is 21.0 Å². The maximum Gasteiger partial charge on any atom is 0.225 e. The average molecular weight is 332 g/mol. The summed E-state index contributed by atoms with van der Waals surface area (Å²) < 4.78 is 3.34. The second-order valence-corrected chi connectivity index (χ2v) is 7.06. The summed E-state index contributed by atoms with van der Waals surface area (Å²) in [5.74, 6) is 0.823. The molecule has 23 heavy (non-hydrogen) atoms. The van der Waals surface area contributed by atoms with Crippen molar-refractivity contribution in [3.8, 4) is 0 Å². The third kappa shape index (κ3) is 3.87. The van der Waals surface area contributed by atoms with Crippen LogP contribution in [0.2, 0.25) is 0 Å². The van der Waals surface area contributed by atoms with Crippen molar-refractivity contribution < 1.29 is 5.11 Å². The van der Waals surface area contributed by atoms with E-state index in [0.29, 0.717) is 0 Å². The molecular weight excluding hydrogens is 308 g/mol. The first-order valence-corrected chi connectivity index (χ1v) is 9.06. The molecule has 1 saturated carbocycles. The normalized spacial score (nSPS) is 19.7. The Hall–Kier alpha value is -1.53. The van der Waals surface area contributed by atoms with Gasteiger partial charge in [0.15, 0.2) is 0 Å². The van der Waals surface area contributed by atoms with E-state index in [9.17, 15) is 0 Å². The molecule has 124 valence electrons. The second-order valence-electron chi connectivity index (χ2n) is 6.18. The maximum absolute atomic E-state index is 9.10. The lowest BCUT2D eigenvalue weighted by atomic mass is 9.88. The molecule has 1 aliphatic carbocycles. The molecule has 1 heterocycles. The van der Waals surface area contributed by atoms with Crippen molar-refractivity contribution in [2.24, 2.45) is 15.5 Å². The number of hydrazone groups is 1. The first kappa shape index (κ1) is 16.3. The Morgan fingerprint density at radius 3 is 2.74 bits per heavy atom. The second kappa shape index (κ2) is 7.36. The van der Waals surface area contributed by atoms with Crippen LogP contribution < -0.4 is 4.72 Å². The van der Waals surface area contributed by atoms with E-state index in [1.54, 1.807) is 0 Å². The molecule has 1 aliphatic heterocycles. The smallest absolute Gasteiger partial charge is 0.225 e. The molecule has 0 saturated heterocycles. The van der Waals surface area contributed by atoms with Gasteiger partial charge >= 0.3 is 0 Å². The van der Waals surface area contributed by atoms with Gasteiger partial charge in [0.1, 0.15) is 0 Å². The molecule has 3 rings (SSSR count). The maximum atomic E-state index is 9.10. The molecule has 0 unspecified atom stereocenters. The number of nitrogens with zero attached hydrogens (tertiary/aromatic N) is 3. The molecule has 6 heteroatoms. The monoisotopic (exact) mass is 332 g/mol. The van der Waals surface area contributed by atoms with E-state index in [0.717, 1.165) is 29.5 Å². The van der Waals surface area contributed by atoms with Crippen LogP contribution in [-0.2, 0) is 6.61 Å². The topological polar surface area (TPSA) is 60.2 Å². The molecule has 0 amide bonds. The van der Waals surface area contributed by atoms with Gasteiger partial charge < -0.3 is 5.11 Å². The highest BCUT2D eigenvalue weighted by atomic mass is 32.2. The van der Waals surface area contributed by atoms with Gasteiger partial charge in [-0.3, -0.25) is 9.71 Å². The molecule has 0 bridgehead atoms. The zero-order valence-electron chi connectivity index (χ0n) is 13.5. The van der Waals surface area contributed by atoms with Crippen LogP contribution in [0.15, 0.2) is 39.3 Å². The van der Waals surface area contributed by atoms with Crippen molar-refractivity contribution in [2.45, 2.75) is 44.1 Å². The van der Waals surface area contributed by atoms with Gasteiger partial charge in [-0.05, 0) is 49.4 Å². The van der Waals surface area contributed by atoms with E-state index in [-0.39, 0.29) is 12.0 Å². The van der Waals surface area contributed by atoms with Gasteiger partial charge in [0.05, 0.1) is 13.2 Å². The summed E-state index contributed by atoms with van der Waals surface area (Å²) in [5, 5.41) is 15.7. The van der Waals surface area contributed by atoms with Gasteiger partial charge in [-0.15, -0.1) is 0 Å². The van der Waals surface area contributed by atoms with Gasteiger partial charge in [0.2, 0.25) is 5.96 Å². The predicted octanol–water partition coefficient (Wildman–Crippen LogP) is 3.01. The minimum atomic E-state index is 0.0749. The number of aliphatic imine (C=N–C) groups is 1. The summed E-state index contributed by atoms with van der Waals surface area (Å²) in [6, 6.07) is 7.86. The highest BCUT2D eigenvalue weighted by Crippen LogP contribution is 2.40. The Labute approximate surface area is 142 Å². The molecule has 1 spiro atoms. The fraction of sp³-hybridized carbons (Fsp3) is 0.529. The number of guanidine groups is 1. The van der Waals surface area contributed by atoms with Gasteiger partial charge in [0, 0.05) is 23.1 Å². The summed E-state index contributed by atoms with van der Waals surface area (Å²) in [4.78, 5) is 5.65. The Bertz CT molecular complexity index is 579. The Kier molecular flexibility index (Phi) is 5.23. The van der Waals surface area contributed by atoms with Crippen molar-refractivity contribution >= 4 is 24.1 Å². The molecular formula is C17H24N4OS. The zero-order valence-corrected chi connectivity index (χ0v) is 14.4. The Morgan fingerprint density at radius 1 is 1.35 bits per heavy atom. The predicted molar refractivity (Wildman–Crippen MR) is 95.4 cm³/mol. The first-order chi connectivity index (χ1) is 11.2. The van der Waals surface area contributed by atoms with Crippen LogP contribution in [-0.4, -0.2) is 35.4 Å². The van der Waals surface area contributed by atoms with Crippen LogP contribution in [0.5, 0.6) is 0 Å². The molecule has 1 aromatic carbocycles. The van der Waals surface area contributed by atoms with Gasteiger partial charge in [0.25, 0.3) is 0 Å². The number of aliphatic hydroxyl groups excluding tert-OH is 1. The van der Waals surface area contributed by atoms with Gasteiger partial charge in [-0.25, -0.2) is 5.01 Å². The molecule has 1 aromatic rings. The number of benzene rings is 1. The molecule has 0 atom stereocenters. The largest absolute Gasteiger partial charge is 0.392 e. The minimum absolute atomic E-state index is 0.0749. The highest BCUT2D eigenvalue weighted by Gasteiger charge is 2.39. The van der Waals surface area contributed by atoms with Crippen molar-refractivity contribution in [2.75, 3.05) is 13.1 Å². The van der Waals surface area contributed by atoms with Crippen LogP contribution in [0.25, 0.3) is 0 Å². The van der Waals surface area contributed by atoms with Crippen molar-refractivity contribution in [1.82, 2.24) is 9.73 Å². The lowest BCUT2D eigenvalue weighted by Gasteiger charge is -2.23. The SMILES string of the molecule is CCN=C(NSc1ccc(CO)cc1)N1CC2(C=N1)CCCC2. The number of aliphatic hydroxyl groups is 1. The molecule has 0 aromatic heterocycles. The Balaban J connectivity index is 1.61. The van der Waals surface area contributed by atoms with Crippen LogP contribution in [0.3, 0.4) is 0 Å². The van der Waals surface area contributed by atoms with Crippen molar-refractivity contribution in [3.63, 3.8) is 0 Å². The lowest BCUT2D eigenvalue weighted by Crippen LogP contribution is -2.37. The van der Waals surface area contributed by atoms with Crippen LogP contribution >= 0.6 is 11.9 Å². The average Bonchev–Trinajstić information content (AvgIpc) is 3.22. The van der Waals surface area contributed by atoms with Crippen molar-refractivity contribution in [3.05, 3.63) is 29.8 Å². The fourth-order valence-electron chi connectivity index (χ4n) is 3.15. The van der Waals surface area contributed by atoms with E-state index in [1.165, 1.54) is 37.6 Å². The third-order valence-corrected chi connectivity index (χ3v) is 5.25. The molecule has 2 aliphatic rings. The van der Waals surface area contributed by atoms with Crippen LogP contribution in [0.4, 0.5) is 0 Å². The summed E-state index contributed by atoms with van der Waals surface area (Å²) in [5.41, 5.74) is 1.19. The molecule has 1 fully saturated rings. The zero-order chi connectivity index (χ0) is 16.1. The molecule has 2 N–H and O–H groups in total. The van der Waals surface area contributed by atoms with Gasteiger partial charge in [-0.1, -0.05) is 25.0 Å². The summed E-state index contributed by atoms with van der Waals surface area (Å²) in [6.45, 7) is 3.77. The highest BCUT2D eigenvalue weighted by molar-refractivity contribution is 7.98. The molecule has 5 nitrogen and oxygen atoms in total. The quantitative estimate of drug-likeness (QED) is 0.505. The first-order valence-electron chi connectivity index (χ1n) is 8.24. The van der Waals surface area contributed by atoms with Crippen molar-refractivity contribution in [1.29, 1.82) is 0 Å². The number of hydrogen-bond donors (Lipinski definition) is 2. The van der Waals surface area contributed by atoms with E-state index >= 15 is 0 Å². The number of nitrogens with one attached hydrogen (secondary N) is 1. The summed E-state index contributed by atoms with van der Waals surface area (Å²) in [7, 11) is 0. The third-order valence-electron chi connectivity index (χ3n) is 4.45. The standard InChI is InChI=1S/C17H24N4OS/c1-2-18-16(20-23-15-7-5-14(11-22)6-8-15)21-13-17(12-19-21)9-3-4-10-17/h5-8,12,22H,2-4,9-11,13H2,1H3,(H,18,20). The van der Waals surface area contributed by atoms with E-state index in [1.807, 2.05) is 36.2 Å². The fourth-order valence-corrected chi connectivity index (χ4v) is 3.80. The minimum Gasteiger partial charge on any atom is -0.392 e. The van der Waals surface area contributed by atoms with E-state index in [4.69, 9.17) is 5.11 Å². The lowest BCUT2D eigenvalue weighted by molar-refractivity contribution is 0.282. The molecule has 0 radical (unpaired) electrons. The summed E-state index contributed by atoms with van der Waals surface area (Å²) in [6.07, 6.45) is 7.22. The number of rotatable bonds is 4. The van der Waals surface area contributed by atoms with E-state index < -0.39 is 0 Å². The Morgan fingerprint density at radius 2 is 2.09 bits per heavy atom. The van der Waals surface area contributed by atoms with Crippen LogP contribution in [0.1, 0.15) is 38.2 Å². The number of hydrogen-bond acceptors (Lipinski definition) is 4.